The fourth-order valence-corrected chi connectivity index (χ4v) is 5.12. The van der Waals surface area contributed by atoms with E-state index < -0.39 is 28.0 Å². The first kappa shape index (κ1) is 24.7. The summed E-state index contributed by atoms with van der Waals surface area (Å²) in [7, 11) is -3.69. The van der Waals surface area contributed by atoms with Crippen molar-refractivity contribution in [2.24, 2.45) is 0 Å². The van der Waals surface area contributed by atoms with Crippen LogP contribution in [0.25, 0.3) is 0 Å². The molecule has 3 rings (SSSR count). The molecule has 2 amide bonds. The fourth-order valence-electron chi connectivity index (χ4n) is 3.55. The molecule has 0 radical (unpaired) electrons. The number of amides is 2. The molecule has 2 aromatic carbocycles. The Labute approximate surface area is 190 Å². The minimum absolute atomic E-state index is 0.0232. The van der Waals surface area contributed by atoms with Gasteiger partial charge in [0, 0.05) is 37.4 Å². The smallest absolute Gasteiger partial charge is 0.331 e. The molecule has 33 heavy (non-hydrogen) atoms. The monoisotopic (exact) mass is 483 g/mol. The highest BCUT2D eigenvalue weighted by Crippen LogP contribution is 2.23. The van der Waals surface area contributed by atoms with Gasteiger partial charge in [-0.3, -0.25) is 9.59 Å². The van der Waals surface area contributed by atoms with E-state index in [1.807, 2.05) is 0 Å². The minimum Gasteiger partial charge on any atom is -0.331 e. The quantitative estimate of drug-likeness (QED) is 0.652. The molecule has 178 valence electrons. The van der Waals surface area contributed by atoms with E-state index in [1.165, 1.54) is 41.6 Å². The molecular weight excluding hydrogens is 459 g/mol. The summed E-state index contributed by atoms with van der Waals surface area (Å²) in [5.41, 5.74) is 0.835. The molecule has 1 N–H and O–H groups in total. The SMILES string of the molecule is CCN(Cc1cccc(NC(=O)c2cccc(S(=O)(=O)N3CCCC3)c2)c1)C(=O)C(F)(F)F. The molecule has 0 atom stereocenters. The summed E-state index contributed by atoms with van der Waals surface area (Å²) in [5.74, 6) is -2.50. The Morgan fingerprint density at radius 3 is 2.36 bits per heavy atom. The number of nitrogens with one attached hydrogen (secondary N) is 1. The van der Waals surface area contributed by atoms with Gasteiger partial charge >= 0.3 is 12.1 Å². The Morgan fingerprint density at radius 2 is 1.73 bits per heavy atom. The first-order chi connectivity index (χ1) is 15.5. The normalized spacial score (nSPS) is 14.8. The number of hydrogen-bond donors (Lipinski definition) is 1. The van der Waals surface area contributed by atoms with Gasteiger partial charge in [-0.05, 0) is 55.7 Å². The van der Waals surface area contributed by atoms with Crippen LogP contribution >= 0.6 is 0 Å². The summed E-state index contributed by atoms with van der Waals surface area (Å²) in [6, 6.07) is 11.8. The van der Waals surface area contributed by atoms with Gasteiger partial charge in [-0.2, -0.15) is 17.5 Å². The molecule has 1 heterocycles. The molecule has 0 saturated carbocycles. The van der Waals surface area contributed by atoms with Gasteiger partial charge in [0.25, 0.3) is 5.91 Å². The third-order valence-corrected chi connectivity index (χ3v) is 7.16. The summed E-state index contributed by atoms with van der Waals surface area (Å²) in [6.45, 7) is 1.92. The van der Waals surface area contributed by atoms with Crippen molar-refractivity contribution in [3.63, 3.8) is 0 Å². The number of benzene rings is 2. The Bertz CT molecular complexity index is 1130. The zero-order chi connectivity index (χ0) is 24.2. The van der Waals surface area contributed by atoms with Crippen molar-refractivity contribution in [1.29, 1.82) is 0 Å². The number of carbonyl (C=O) groups excluding carboxylic acids is 2. The Morgan fingerprint density at radius 1 is 1.06 bits per heavy atom. The van der Waals surface area contributed by atoms with E-state index >= 15 is 0 Å². The second-order valence-corrected chi connectivity index (χ2v) is 9.55. The number of carbonyl (C=O) groups is 2. The third-order valence-electron chi connectivity index (χ3n) is 5.27. The molecule has 1 aliphatic heterocycles. The first-order valence-electron chi connectivity index (χ1n) is 10.4. The maximum atomic E-state index is 12.8. The number of anilines is 1. The molecule has 1 aliphatic rings. The van der Waals surface area contributed by atoms with Crippen LogP contribution in [0.2, 0.25) is 0 Å². The lowest BCUT2D eigenvalue weighted by Crippen LogP contribution is -2.40. The lowest BCUT2D eigenvalue weighted by atomic mass is 10.1. The molecule has 2 aromatic rings. The van der Waals surface area contributed by atoms with Gasteiger partial charge in [-0.1, -0.05) is 18.2 Å². The van der Waals surface area contributed by atoms with Crippen LogP contribution in [-0.2, 0) is 21.4 Å². The van der Waals surface area contributed by atoms with E-state index in [1.54, 1.807) is 18.2 Å². The molecule has 0 aromatic heterocycles. The summed E-state index contributed by atoms with van der Waals surface area (Å²) in [5, 5.41) is 2.62. The molecule has 7 nitrogen and oxygen atoms in total. The Hall–Kier alpha value is -2.92. The van der Waals surface area contributed by atoms with Crippen LogP contribution in [0, 0.1) is 0 Å². The van der Waals surface area contributed by atoms with E-state index in [9.17, 15) is 31.2 Å². The molecule has 1 fully saturated rings. The summed E-state index contributed by atoms with van der Waals surface area (Å²) >= 11 is 0. The molecule has 1 saturated heterocycles. The molecule has 0 spiro atoms. The van der Waals surface area contributed by atoms with Crippen LogP contribution in [0.3, 0.4) is 0 Å². The van der Waals surface area contributed by atoms with E-state index in [-0.39, 0.29) is 23.5 Å². The van der Waals surface area contributed by atoms with E-state index in [4.69, 9.17) is 0 Å². The van der Waals surface area contributed by atoms with Gasteiger partial charge in [0.1, 0.15) is 0 Å². The Balaban J connectivity index is 1.74. The second kappa shape index (κ2) is 9.92. The highest BCUT2D eigenvalue weighted by atomic mass is 32.2. The van der Waals surface area contributed by atoms with Crippen LogP contribution in [0.1, 0.15) is 35.7 Å². The van der Waals surface area contributed by atoms with Crippen molar-refractivity contribution < 1.29 is 31.2 Å². The van der Waals surface area contributed by atoms with Crippen LogP contribution < -0.4 is 5.32 Å². The second-order valence-electron chi connectivity index (χ2n) is 7.61. The highest BCUT2D eigenvalue weighted by Gasteiger charge is 2.41. The van der Waals surface area contributed by atoms with Crippen molar-refractivity contribution in [3.05, 3.63) is 59.7 Å². The van der Waals surface area contributed by atoms with E-state index in [2.05, 4.69) is 5.32 Å². The molecular formula is C22H24F3N3O4S. The van der Waals surface area contributed by atoms with Gasteiger partial charge < -0.3 is 10.2 Å². The first-order valence-corrected chi connectivity index (χ1v) is 11.8. The minimum atomic E-state index is -4.97. The highest BCUT2D eigenvalue weighted by molar-refractivity contribution is 7.89. The van der Waals surface area contributed by atoms with E-state index in [0.29, 0.717) is 29.2 Å². The zero-order valence-corrected chi connectivity index (χ0v) is 18.7. The molecule has 0 bridgehead atoms. The zero-order valence-electron chi connectivity index (χ0n) is 17.9. The predicted molar refractivity (Wildman–Crippen MR) is 116 cm³/mol. The topological polar surface area (TPSA) is 86.8 Å². The maximum absolute atomic E-state index is 12.8. The number of alkyl halides is 3. The molecule has 11 heteroatoms. The summed E-state index contributed by atoms with van der Waals surface area (Å²) < 4.78 is 65.1. The summed E-state index contributed by atoms with van der Waals surface area (Å²) in [4.78, 5) is 24.9. The number of nitrogens with zero attached hydrogens (tertiary/aromatic N) is 2. The van der Waals surface area contributed by atoms with Crippen molar-refractivity contribution in [2.45, 2.75) is 37.4 Å². The van der Waals surface area contributed by atoms with Crippen molar-refractivity contribution >= 4 is 27.5 Å². The van der Waals surface area contributed by atoms with Crippen LogP contribution in [0.5, 0.6) is 0 Å². The van der Waals surface area contributed by atoms with Gasteiger partial charge in [-0.25, -0.2) is 8.42 Å². The van der Waals surface area contributed by atoms with Gasteiger partial charge in [0.05, 0.1) is 4.90 Å². The van der Waals surface area contributed by atoms with Gasteiger partial charge in [0.15, 0.2) is 0 Å². The number of sulfonamides is 1. The fraction of sp³-hybridized carbons (Fsp3) is 0.364. The Kier molecular flexibility index (Phi) is 7.43. The molecule has 0 unspecified atom stereocenters. The van der Waals surface area contributed by atoms with E-state index in [0.717, 1.165) is 12.8 Å². The van der Waals surface area contributed by atoms with Crippen molar-refractivity contribution in [2.75, 3.05) is 25.0 Å². The van der Waals surface area contributed by atoms with Crippen molar-refractivity contribution in [3.8, 4) is 0 Å². The lowest BCUT2D eigenvalue weighted by molar-refractivity contribution is -0.185. The van der Waals surface area contributed by atoms with Crippen LogP contribution in [0.4, 0.5) is 18.9 Å². The molecule has 0 aliphatic carbocycles. The van der Waals surface area contributed by atoms with Crippen LogP contribution in [-0.4, -0.2) is 55.2 Å². The summed E-state index contributed by atoms with van der Waals surface area (Å²) in [6.07, 6.45) is -3.39. The maximum Gasteiger partial charge on any atom is 0.471 e. The number of halogens is 3. The number of rotatable bonds is 7. The van der Waals surface area contributed by atoms with Gasteiger partial charge in [-0.15, -0.1) is 0 Å². The third kappa shape index (κ3) is 5.91. The largest absolute Gasteiger partial charge is 0.471 e. The predicted octanol–water partition coefficient (Wildman–Crippen LogP) is 3.63. The van der Waals surface area contributed by atoms with Gasteiger partial charge in [0.2, 0.25) is 10.0 Å². The standard InChI is InChI=1S/C22H24F3N3O4S/c1-2-27(21(30)22(23,24)25)15-16-7-5-9-18(13-16)26-20(29)17-8-6-10-19(14-17)33(31,32)28-11-3-4-12-28/h5-10,13-14H,2-4,11-12,15H2,1H3,(H,26,29). The lowest BCUT2D eigenvalue weighted by Gasteiger charge is -2.22. The average Bonchev–Trinajstić information content (AvgIpc) is 3.33. The van der Waals surface area contributed by atoms with Crippen molar-refractivity contribution in [1.82, 2.24) is 9.21 Å². The average molecular weight is 484 g/mol. The van der Waals surface area contributed by atoms with Crippen LogP contribution in [0.15, 0.2) is 53.4 Å². The number of hydrogen-bond acceptors (Lipinski definition) is 4.